The van der Waals surface area contributed by atoms with Gasteiger partial charge in [-0.25, -0.2) is 0 Å². The minimum Gasteiger partial charge on any atom is -0.496 e. The van der Waals surface area contributed by atoms with Crippen molar-refractivity contribution in [1.82, 2.24) is 10.2 Å². The van der Waals surface area contributed by atoms with Crippen LogP contribution in [0.15, 0.2) is 41.8 Å². The summed E-state index contributed by atoms with van der Waals surface area (Å²) in [6.45, 7) is 2.02. The topological polar surface area (TPSA) is 67.0 Å². The van der Waals surface area contributed by atoms with Gasteiger partial charge in [-0.15, -0.1) is 11.3 Å². The average Bonchev–Trinajstić information content (AvgIpc) is 3.24. The number of para-hydroxylation sites is 1. The third-order valence-corrected chi connectivity index (χ3v) is 4.61. The lowest BCUT2D eigenvalue weighted by Crippen LogP contribution is -2.15. The molecular formula is C18H19N3O2S. The number of methoxy groups -OCH3 is 1. The molecule has 0 aliphatic heterocycles. The molecule has 0 saturated carbocycles. The van der Waals surface area contributed by atoms with Gasteiger partial charge in [-0.2, -0.15) is 5.10 Å². The summed E-state index contributed by atoms with van der Waals surface area (Å²) in [7, 11) is 1.63. The fraction of sp³-hybridized carbons (Fsp3) is 0.222. The predicted molar refractivity (Wildman–Crippen MR) is 96.6 cm³/mol. The number of hydrogen-bond acceptors (Lipinski definition) is 4. The lowest BCUT2D eigenvalue weighted by Gasteiger charge is -2.10. The molecule has 0 aliphatic carbocycles. The lowest BCUT2D eigenvalue weighted by molar-refractivity contribution is -0.115. The van der Waals surface area contributed by atoms with Crippen LogP contribution in [0.3, 0.4) is 0 Å². The second-order valence-corrected chi connectivity index (χ2v) is 6.32. The summed E-state index contributed by atoms with van der Waals surface area (Å²) in [5, 5.41) is 12.4. The van der Waals surface area contributed by atoms with Gasteiger partial charge in [-0.05, 0) is 30.0 Å². The Hall–Kier alpha value is -2.60. The minimum absolute atomic E-state index is 0.0512. The number of aromatic nitrogens is 2. The Morgan fingerprint density at radius 1 is 1.29 bits per heavy atom. The number of nitrogens with zero attached hydrogens (tertiary/aromatic N) is 1. The van der Waals surface area contributed by atoms with Crippen molar-refractivity contribution in [2.75, 3.05) is 12.4 Å². The average molecular weight is 341 g/mol. The van der Waals surface area contributed by atoms with E-state index in [-0.39, 0.29) is 5.91 Å². The molecule has 1 amide bonds. The molecular weight excluding hydrogens is 322 g/mol. The molecule has 0 fully saturated rings. The number of amides is 1. The molecule has 3 aromatic rings. The van der Waals surface area contributed by atoms with Crippen LogP contribution in [-0.2, 0) is 17.6 Å². The Labute approximate surface area is 144 Å². The van der Waals surface area contributed by atoms with E-state index in [9.17, 15) is 4.79 Å². The van der Waals surface area contributed by atoms with E-state index in [1.54, 1.807) is 18.4 Å². The first kappa shape index (κ1) is 16.3. The quantitative estimate of drug-likeness (QED) is 0.715. The lowest BCUT2D eigenvalue weighted by atomic mass is 10.1. The molecule has 2 heterocycles. The van der Waals surface area contributed by atoms with E-state index < -0.39 is 0 Å². The number of rotatable bonds is 6. The summed E-state index contributed by atoms with van der Waals surface area (Å²) in [5.41, 5.74) is 3.17. The number of ether oxygens (including phenoxy) is 1. The van der Waals surface area contributed by atoms with Gasteiger partial charge in [-0.3, -0.25) is 9.89 Å². The van der Waals surface area contributed by atoms with Crippen LogP contribution in [-0.4, -0.2) is 23.2 Å². The summed E-state index contributed by atoms with van der Waals surface area (Å²) < 4.78 is 5.42. The third kappa shape index (κ3) is 3.33. The van der Waals surface area contributed by atoms with Gasteiger partial charge in [0.15, 0.2) is 0 Å². The fourth-order valence-electron chi connectivity index (χ4n) is 2.56. The van der Waals surface area contributed by atoms with Crippen LogP contribution in [0.25, 0.3) is 11.3 Å². The molecule has 2 aromatic heterocycles. The normalized spacial score (nSPS) is 10.6. The zero-order valence-corrected chi connectivity index (χ0v) is 14.4. The van der Waals surface area contributed by atoms with Crippen molar-refractivity contribution in [3.8, 4) is 17.0 Å². The Morgan fingerprint density at radius 3 is 2.83 bits per heavy atom. The summed E-state index contributed by atoms with van der Waals surface area (Å²) in [5.74, 6) is 0.671. The summed E-state index contributed by atoms with van der Waals surface area (Å²) >= 11 is 1.58. The number of hydrogen-bond donors (Lipinski definition) is 2. The number of H-pyrrole nitrogens is 1. The van der Waals surface area contributed by atoms with Crippen LogP contribution in [0.4, 0.5) is 5.69 Å². The highest BCUT2D eigenvalue weighted by Gasteiger charge is 2.19. The standard InChI is InChI=1S/C18H19N3O2S/c1-3-14-18(19-16(22)11-12-7-6-10-24-12)17(21-20-14)13-8-4-5-9-15(13)23-2/h4-10H,3,11H2,1-2H3,(H,19,22)(H,20,21). The number of thiophene rings is 1. The maximum absolute atomic E-state index is 12.4. The van der Waals surface area contributed by atoms with Gasteiger partial charge in [-0.1, -0.05) is 25.1 Å². The van der Waals surface area contributed by atoms with E-state index >= 15 is 0 Å². The summed E-state index contributed by atoms with van der Waals surface area (Å²) in [6.07, 6.45) is 1.11. The molecule has 0 spiro atoms. The maximum Gasteiger partial charge on any atom is 0.229 e. The number of aromatic amines is 1. The van der Waals surface area contributed by atoms with Crippen molar-refractivity contribution in [3.05, 3.63) is 52.3 Å². The molecule has 0 radical (unpaired) electrons. The molecule has 0 unspecified atom stereocenters. The molecule has 2 N–H and O–H groups in total. The van der Waals surface area contributed by atoms with E-state index in [0.29, 0.717) is 12.1 Å². The maximum atomic E-state index is 12.4. The van der Waals surface area contributed by atoms with Crippen LogP contribution in [0.5, 0.6) is 5.75 Å². The number of nitrogens with one attached hydrogen (secondary N) is 2. The van der Waals surface area contributed by atoms with Crippen molar-refractivity contribution < 1.29 is 9.53 Å². The number of anilines is 1. The van der Waals surface area contributed by atoms with Gasteiger partial charge in [0.2, 0.25) is 5.91 Å². The third-order valence-electron chi connectivity index (χ3n) is 3.74. The Bertz CT molecular complexity index is 825. The van der Waals surface area contributed by atoms with Gasteiger partial charge < -0.3 is 10.1 Å². The van der Waals surface area contributed by atoms with Crippen LogP contribution in [0.2, 0.25) is 0 Å². The first-order valence-corrected chi connectivity index (χ1v) is 8.63. The van der Waals surface area contributed by atoms with Crippen molar-refractivity contribution in [2.45, 2.75) is 19.8 Å². The van der Waals surface area contributed by atoms with E-state index in [1.807, 2.05) is 48.7 Å². The molecule has 124 valence electrons. The first-order valence-electron chi connectivity index (χ1n) is 7.75. The van der Waals surface area contributed by atoms with Crippen LogP contribution >= 0.6 is 11.3 Å². The van der Waals surface area contributed by atoms with Gasteiger partial charge in [0, 0.05) is 10.4 Å². The molecule has 0 aliphatic rings. The molecule has 0 bridgehead atoms. The van der Waals surface area contributed by atoms with Crippen LogP contribution in [0.1, 0.15) is 17.5 Å². The molecule has 1 aromatic carbocycles. The second kappa shape index (κ2) is 7.31. The Kier molecular flexibility index (Phi) is 4.96. The predicted octanol–water partition coefficient (Wildman–Crippen LogP) is 3.89. The smallest absolute Gasteiger partial charge is 0.229 e. The Morgan fingerprint density at radius 2 is 2.12 bits per heavy atom. The van der Waals surface area contributed by atoms with Crippen molar-refractivity contribution in [2.24, 2.45) is 0 Å². The van der Waals surface area contributed by atoms with E-state index in [2.05, 4.69) is 15.5 Å². The summed E-state index contributed by atoms with van der Waals surface area (Å²) in [4.78, 5) is 13.4. The molecule has 0 saturated heterocycles. The van der Waals surface area contributed by atoms with Crippen molar-refractivity contribution >= 4 is 22.9 Å². The monoisotopic (exact) mass is 341 g/mol. The highest BCUT2D eigenvalue weighted by molar-refractivity contribution is 7.10. The van der Waals surface area contributed by atoms with E-state index in [4.69, 9.17) is 4.74 Å². The van der Waals surface area contributed by atoms with Gasteiger partial charge in [0.05, 0.1) is 24.9 Å². The fourth-order valence-corrected chi connectivity index (χ4v) is 3.26. The number of carbonyl (C=O) groups excluding carboxylic acids is 1. The van der Waals surface area contributed by atoms with Crippen molar-refractivity contribution in [3.63, 3.8) is 0 Å². The highest BCUT2D eigenvalue weighted by atomic mass is 32.1. The van der Waals surface area contributed by atoms with Crippen molar-refractivity contribution in [1.29, 1.82) is 0 Å². The van der Waals surface area contributed by atoms with Crippen LogP contribution < -0.4 is 10.1 Å². The minimum atomic E-state index is -0.0512. The second-order valence-electron chi connectivity index (χ2n) is 5.28. The van der Waals surface area contributed by atoms with Gasteiger partial charge in [0.25, 0.3) is 0 Å². The highest BCUT2D eigenvalue weighted by Crippen LogP contribution is 2.35. The Balaban J connectivity index is 1.92. The number of carbonyl (C=O) groups is 1. The zero-order chi connectivity index (χ0) is 16.9. The SMILES string of the molecule is CCc1[nH]nc(-c2ccccc2OC)c1NC(=O)Cc1cccs1. The molecule has 3 rings (SSSR count). The molecule has 24 heavy (non-hydrogen) atoms. The van der Waals surface area contributed by atoms with Gasteiger partial charge >= 0.3 is 0 Å². The zero-order valence-electron chi connectivity index (χ0n) is 13.6. The molecule has 0 atom stereocenters. The van der Waals surface area contributed by atoms with E-state index in [1.165, 1.54) is 0 Å². The molecule has 5 nitrogen and oxygen atoms in total. The van der Waals surface area contributed by atoms with E-state index in [0.717, 1.165) is 34.0 Å². The molecule has 6 heteroatoms. The summed E-state index contributed by atoms with van der Waals surface area (Å²) in [6, 6.07) is 11.6. The first-order chi connectivity index (χ1) is 11.7. The number of benzene rings is 1. The largest absolute Gasteiger partial charge is 0.496 e. The van der Waals surface area contributed by atoms with Crippen LogP contribution in [0, 0.1) is 0 Å². The number of aryl methyl sites for hydroxylation is 1. The van der Waals surface area contributed by atoms with Gasteiger partial charge in [0.1, 0.15) is 11.4 Å².